The van der Waals surface area contributed by atoms with Crippen molar-refractivity contribution in [2.75, 3.05) is 0 Å². The van der Waals surface area contributed by atoms with Gasteiger partial charge in [-0.05, 0) is 55.2 Å². The van der Waals surface area contributed by atoms with Crippen LogP contribution in [0.4, 0.5) is 0 Å². The first kappa shape index (κ1) is 15.7. The highest BCUT2D eigenvalue weighted by Crippen LogP contribution is 2.45. The molecule has 1 fully saturated rings. The first-order valence-electron chi connectivity index (χ1n) is 9.14. The lowest BCUT2D eigenvalue weighted by molar-refractivity contribution is -0.217. The Morgan fingerprint density at radius 3 is 2.75 bits per heavy atom. The molecule has 125 valence electrons. The summed E-state index contributed by atoms with van der Waals surface area (Å²) >= 11 is 0. The molecule has 1 radical (unpaired) electrons. The molecule has 1 unspecified atom stereocenters. The molecule has 2 aliphatic carbocycles. The zero-order chi connectivity index (χ0) is 16.5. The molecule has 4 rings (SSSR count). The van der Waals surface area contributed by atoms with Crippen molar-refractivity contribution in [3.05, 3.63) is 71.1 Å². The number of benzene rings is 2. The minimum absolute atomic E-state index is 0.303. The Labute approximate surface area is 144 Å². The molecule has 2 aromatic carbocycles. The minimum atomic E-state index is 0.303. The van der Waals surface area contributed by atoms with E-state index in [4.69, 9.17) is 9.78 Å². The van der Waals surface area contributed by atoms with Crippen LogP contribution in [0.2, 0.25) is 0 Å². The van der Waals surface area contributed by atoms with Gasteiger partial charge in [0.15, 0.2) is 5.75 Å². The molecular weight excluding hydrogens is 296 g/mol. The fourth-order valence-corrected chi connectivity index (χ4v) is 3.41. The second kappa shape index (κ2) is 6.60. The SMILES string of the molecule is [CH2]c1ccccc1CC(CCC)c1ccc2c(c1OOC1CC1)C2. The van der Waals surface area contributed by atoms with E-state index in [2.05, 4.69) is 50.2 Å². The minimum Gasteiger partial charge on any atom is -0.337 e. The van der Waals surface area contributed by atoms with Gasteiger partial charge in [0.2, 0.25) is 0 Å². The molecule has 0 aromatic heterocycles. The maximum Gasteiger partial charge on any atom is 0.172 e. The summed E-state index contributed by atoms with van der Waals surface area (Å²) in [5.41, 5.74) is 6.51. The van der Waals surface area contributed by atoms with E-state index in [9.17, 15) is 0 Å². The normalized spacial score (nSPS) is 16.6. The van der Waals surface area contributed by atoms with Gasteiger partial charge in [-0.15, -0.1) is 0 Å². The Morgan fingerprint density at radius 1 is 1.17 bits per heavy atom. The van der Waals surface area contributed by atoms with Crippen LogP contribution in [0, 0.1) is 6.92 Å². The molecule has 1 saturated carbocycles. The van der Waals surface area contributed by atoms with Crippen molar-refractivity contribution in [1.29, 1.82) is 0 Å². The molecule has 2 aliphatic rings. The van der Waals surface area contributed by atoms with Crippen LogP contribution in [-0.2, 0) is 17.7 Å². The molecule has 0 saturated heterocycles. The highest BCUT2D eigenvalue weighted by Gasteiger charge is 2.31. The Hall–Kier alpha value is -1.80. The predicted molar refractivity (Wildman–Crippen MR) is 96.2 cm³/mol. The average Bonchev–Trinajstić information content (AvgIpc) is 3.48. The van der Waals surface area contributed by atoms with E-state index in [1.165, 1.54) is 22.3 Å². The van der Waals surface area contributed by atoms with Crippen molar-refractivity contribution in [3.63, 3.8) is 0 Å². The van der Waals surface area contributed by atoms with Gasteiger partial charge in [0.25, 0.3) is 0 Å². The van der Waals surface area contributed by atoms with Crippen LogP contribution in [0.5, 0.6) is 5.75 Å². The van der Waals surface area contributed by atoms with Crippen LogP contribution >= 0.6 is 0 Å². The van der Waals surface area contributed by atoms with E-state index in [0.717, 1.165) is 49.8 Å². The summed E-state index contributed by atoms with van der Waals surface area (Å²) in [5.74, 6) is 1.45. The first-order valence-corrected chi connectivity index (χ1v) is 9.14. The van der Waals surface area contributed by atoms with Crippen molar-refractivity contribution in [1.82, 2.24) is 0 Å². The molecule has 0 N–H and O–H groups in total. The highest BCUT2D eigenvalue weighted by molar-refractivity contribution is 5.59. The van der Waals surface area contributed by atoms with Gasteiger partial charge in [0, 0.05) is 17.5 Å². The van der Waals surface area contributed by atoms with Crippen molar-refractivity contribution < 1.29 is 9.78 Å². The average molecular weight is 321 g/mol. The summed E-state index contributed by atoms with van der Waals surface area (Å²) in [4.78, 5) is 11.4. The van der Waals surface area contributed by atoms with Gasteiger partial charge in [-0.2, -0.15) is 4.89 Å². The molecular formula is C22H25O2. The van der Waals surface area contributed by atoms with Gasteiger partial charge >= 0.3 is 0 Å². The molecule has 2 heteroatoms. The van der Waals surface area contributed by atoms with Crippen molar-refractivity contribution in [3.8, 4) is 5.75 Å². The Morgan fingerprint density at radius 2 is 2.00 bits per heavy atom. The van der Waals surface area contributed by atoms with Gasteiger partial charge in [-0.25, -0.2) is 0 Å². The van der Waals surface area contributed by atoms with Gasteiger partial charge in [-0.3, -0.25) is 0 Å². The number of rotatable bonds is 8. The zero-order valence-corrected chi connectivity index (χ0v) is 14.4. The quantitative estimate of drug-likeness (QED) is 0.410. The third-order valence-electron chi connectivity index (χ3n) is 5.08. The molecule has 0 heterocycles. The van der Waals surface area contributed by atoms with Gasteiger partial charge in [-0.1, -0.05) is 49.7 Å². The fourth-order valence-electron chi connectivity index (χ4n) is 3.41. The summed E-state index contributed by atoms with van der Waals surface area (Å²) < 4.78 is 0. The lowest BCUT2D eigenvalue weighted by Gasteiger charge is -2.20. The maximum absolute atomic E-state index is 5.82. The van der Waals surface area contributed by atoms with Crippen LogP contribution in [0.25, 0.3) is 0 Å². The summed E-state index contributed by atoms with van der Waals surface area (Å²) in [5, 5.41) is 0. The molecule has 0 aliphatic heterocycles. The number of hydrogen-bond donors (Lipinski definition) is 0. The van der Waals surface area contributed by atoms with Crippen molar-refractivity contribution in [2.45, 2.75) is 57.5 Å². The van der Waals surface area contributed by atoms with Crippen LogP contribution in [-0.4, -0.2) is 6.10 Å². The van der Waals surface area contributed by atoms with Crippen molar-refractivity contribution >= 4 is 0 Å². The third kappa shape index (κ3) is 3.34. The lowest BCUT2D eigenvalue weighted by Crippen LogP contribution is -2.08. The van der Waals surface area contributed by atoms with E-state index in [-0.39, 0.29) is 0 Å². The Bertz CT molecular complexity index is 731. The molecule has 2 aromatic rings. The molecule has 24 heavy (non-hydrogen) atoms. The molecule has 0 amide bonds. The summed E-state index contributed by atoms with van der Waals surface area (Å²) in [6, 6.07) is 13.0. The van der Waals surface area contributed by atoms with E-state index < -0.39 is 0 Å². The Kier molecular flexibility index (Phi) is 4.32. The van der Waals surface area contributed by atoms with Gasteiger partial charge in [0.1, 0.15) is 6.10 Å². The molecule has 0 bridgehead atoms. The summed E-state index contributed by atoms with van der Waals surface area (Å²) in [6.07, 6.45) is 6.91. The number of fused-ring (bicyclic) bond motifs is 1. The predicted octanol–water partition coefficient (Wildman–Crippen LogP) is 5.37. The standard InChI is InChI=1S/C22H25O2/c1-3-6-17(13-16-8-5-4-7-15(16)2)20-12-9-18-14-21(18)22(20)24-23-19-10-11-19/h4-5,7-9,12,17,19H,2-3,6,10-11,13-14H2,1H3. The number of hydrogen-bond acceptors (Lipinski definition) is 2. The maximum atomic E-state index is 5.82. The molecule has 2 nitrogen and oxygen atoms in total. The highest BCUT2D eigenvalue weighted by atomic mass is 17.2. The smallest absolute Gasteiger partial charge is 0.172 e. The molecule has 1 atom stereocenters. The largest absolute Gasteiger partial charge is 0.337 e. The van der Waals surface area contributed by atoms with E-state index in [1.54, 1.807) is 0 Å². The lowest BCUT2D eigenvalue weighted by atomic mass is 9.86. The van der Waals surface area contributed by atoms with Crippen LogP contribution in [0.3, 0.4) is 0 Å². The fraction of sp³-hybridized carbons (Fsp3) is 0.409. The molecule has 0 spiro atoms. The summed E-state index contributed by atoms with van der Waals surface area (Å²) in [6.45, 7) is 6.44. The topological polar surface area (TPSA) is 18.5 Å². The van der Waals surface area contributed by atoms with Crippen LogP contribution in [0.15, 0.2) is 36.4 Å². The van der Waals surface area contributed by atoms with Crippen molar-refractivity contribution in [2.24, 2.45) is 0 Å². The van der Waals surface area contributed by atoms with E-state index in [0.29, 0.717) is 12.0 Å². The van der Waals surface area contributed by atoms with Gasteiger partial charge < -0.3 is 4.89 Å². The third-order valence-corrected chi connectivity index (χ3v) is 5.08. The van der Waals surface area contributed by atoms with Crippen LogP contribution in [0.1, 0.15) is 66.3 Å². The monoisotopic (exact) mass is 321 g/mol. The zero-order valence-electron chi connectivity index (χ0n) is 14.4. The van der Waals surface area contributed by atoms with E-state index >= 15 is 0 Å². The Balaban J connectivity index is 1.61. The summed E-state index contributed by atoms with van der Waals surface area (Å²) in [7, 11) is 0. The second-order valence-corrected chi connectivity index (χ2v) is 7.14. The van der Waals surface area contributed by atoms with Crippen LogP contribution < -0.4 is 4.89 Å². The van der Waals surface area contributed by atoms with Gasteiger partial charge in [0.05, 0.1) is 0 Å². The second-order valence-electron chi connectivity index (χ2n) is 7.14. The first-order chi connectivity index (χ1) is 11.8. The van der Waals surface area contributed by atoms with E-state index in [1.807, 2.05) is 0 Å².